The van der Waals surface area contributed by atoms with Gasteiger partial charge in [-0.1, -0.05) is 24.3 Å². The van der Waals surface area contributed by atoms with Gasteiger partial charge in [0.05, 0.1) is 0 Å². The molecule has 0 unspecified atom stereocenters. The van der Waals surface area contributed by atoms with Gasteiger partial charge >= 0.3 is 0 Å². The van der Waals surface area contributed by atoms with Crippen LogP contribution in [0, 0.1) is 0 Å². The van der Waals surface area contributed by atoms with E-state index in [4.69, 9.17) is 11.5 Å². The third-order valence-electron chi connectivity index (χ3n) is 2.84. The first kappa shape index (κ1) is 9.04. The molecule has 0 saturated carbocycles. The number of nitrogen functional groups attached to an aromatic ring is 2. The Kier molecular flexibility index (Phi) is 1.77. The number of benzene rings is 2. The highest BCUT2D eigenvalue weighted by atomic mass is 14.6. The van der Waals surface area contributed by atoms with Crippen LogP contribution in [0.5, 0.6) is 0 Å². The van der Waals surface area contributed by atoms with Crippen molar-refractivity contribution in [1.29, 1.82) is 0 Å². The number of fused-ring (bicyclic) bond motifs is 1. The lowest BCUT2D eigenvalue weighted by atomic mass is 9.93. The third-order valence-corrected chi connectivity index (χ3v) is 2.84. The van der Waals surface area contributed by atoms with Gasteiger partial charge in [-0.3, -0.25) is 0 Å². The van der Waals surface area contributed by atoms with Gasteiger partial charge in [0, 0.05) is 11.4 Å². The quantitative estimate of drug-likeness (QED) is 0.604. The van der Waals surface area contributed by atoms with Crippen molar-refractivity contribution in [3.63, 3.8) is 0 Å². The molecule has 0 atom stereocenters. The second-order valence-corrected chi connectivity index (χ2v) is 4.07. The monoisotopic (exact) mass is 208 g/mol. The van der Waals surface area contributed by atoms with Crippen LogP contribution in [0.15, 0.2) is 36.4 Å². The third kappa shape index (κ3) is 1.36. The molecule has 2 nitrogen and oxygen atoms in total. The summed E-state index contributed by atoms with van der Waals surface area (Å²) in [5, 5.41) is 0. The summed E-state index contributed by atoms with van der Waals surface area (Å²) < 4.78 is 0. The van der Waals surface area contributed by atoms with Gasteiger partial charge in [0.2, 0.25) is 0 Å². The van der Waals surface area contributed by atoms with Crippen LogP contribution >= 0.6 is 0 Å². The molecule has 2 aromatic carbocycles. The first-order valence-corrected chi connectivity index (χ1v) is 5.21. The Balaban J connectivity index is 2.12. The van der Waals surface area contributed by atoms with Gasteiger partial charge in [0.25, 0.3) is 0 Å². The molecule has 2 heteroatoms. The molecular weight excluding hydrogens is 196 g/mol. The summed E-state index contributed by atoms with van der Waals surface area (Å²) in [6, 6.07) is 12.0. The molecule has 0 amide bonds. The van der Waals surface area contributed by atoms with Crippen molar-refractivity contribution in [2.45, 2.75) is 0 Å². The summed E-state index contributed by atoms with van der Waals surface area (Å²) in [4.78, 5) is 0. The van der Waals surface area contributed by atoms with Crippen molar-refractivity contribution >= 4 is 23.5 Å². The Hall–Kier alpha value is -2.22. The van der Waals surface area contributed by atoms with Crippen LogP contribution in [0.1, 0.15) is 11.1 Å². The number of hydrogen-bond acceptors (Lipinski definition) is 2. The molecule has 0 heterocycles. The minimum Gasteiger partial charge on any atom is -0.399 e. The first-order valence-electron chi connectivity index (χ1n) is 5.21. The Morgan fingerprint density at radius 1 is 0.625 bits per heavy atom. The van der Waals surface area contributed by atoms with Crippen molar-refractivity contribution < 1.29 is 0 Å². The zero-order chi connectivity index (χ0) is 11.1. The largest absolute Gasteiger partial charge is 0.399 e. The Morgan fingerprint density at radius 3 is 1.88 bits per heavy atom. The number of anilines is 2. The fraction of sp³-hybridized carbons (Fsp3) is 0. The summed E-state index contributed by atoms with van der Waals surface area (Å²) in [6.45, 7) is 0. The molecule has 1 aliphatic rings. The van der Waals surface area contributed by atoms with Gasteiger partial charge in [-0.15, -0.1) is 0 Å². The van der Waals surface area contributed by atoms with Crippen LogP contribution in [0.25, 0.3) is 23.3 Å². The van der Waals surface area contributed by atoms with Crippen LogP contribution < -0.4 is 11.5 Å². The summed E-state index contributed by atoms with van der Waals surface area (Å²) in [7, 11) is 0. The summed E-state index contributed by atoms with van der Waals surface area (Å²) in [6.07, 6.45) is 4.21. The van der Waals surface area contributed by atoms with E-state index in [0.29, 0.717) is 11.4 Å². The van der Waals surface area contributed by atoms with Crippen LogP contribution in [0.4, 0.5) is 11.4 Å². The Morgan fingerprint density at radius 2 is 1.31 bits per heavy atom. The molecule has 0 aliphatic heterocycles. The van der Waals surface area contributed by atoms with Crippen molar-refractivity contribution in [1.82, 2.24) is 0 Å². The maximum absolute atomic E-state index is 5.78. The molecule has 0 saturated heterocycles. The minimum atomic E-state index is 0.702. The Bertz CT molecular complexity index is 577. The van der Waals surface area contributed by atoms with Gasteiger partial charge in [-0.25, -0.2) is 0 Å². The van der Waals surface area contributed by atoms with E-state index in [1.54, 1.807) is 6.07 Å². The smallest absolute Gasteiger partial charge is 0.0340 e. The Labute approximate surface area is 94.2 Å². The fourth-order valence-corrected chi connectivity index (χ4v) is 1.98. The predicted molar refractivity (Wildman–Crippen MR) is 69.6 cm³/mol. The highest BCUT2D eigenvalue weighted by Crippen LogP contribution is 2.31. The van der Waals surface area contributed by atoms with Crippen LogP contribution in [0.3, 0.4) is 0 Å². The second kappa shape index (κ2) is 3.14. The minimum absolute atomic E-state index is 0.702. The van der Waals surface area contributed by atoms with E-state index in [1.807, 2.05) is 12.1 Å². The topological polar surface area (TPSA) is 52.0 Å². The molecule has 1 aliphatic carbocycles. The highest BCUT2D eigenvalue weighted by Gasteiger charge is 2.07. The van der Waals surface area contributed by atoms with Crippen molar-refractivity contribution in [2.75, 3.05) is 11.5 Å². The van der Waals surface area contributed by atoms with E-state index in [2.05, 4.69) is 30.4 Å². The fourth-order valence-electron chi connectivity index (χ4n) is 1.98. The molecule has 0 spiro atoms. The van der Waals surface area contributed by atoms with Gasteiger partial charge in [-0.05, 0) is 46.5 Å². The lowest BCUT2D eigenvalue weighted by Gasteiger charge is -2.12. The molecule has 0 bridgehead atoms. The van der Waals surface area contributed by atoms with Gasteiger partial charge in [0.15, 0.2) is 0 Å². The van der Waals surface area contributed by atoms with E-state index in [9.17, 15) is 0 Å². The molecule has 78 valence electrons. The predicted octanol–water partition coefficient (Wildman–Crippen LogP) is 3.00. The summed E-state index contributed by atoms with van der Waals surface area (Å²) >= 11 is 0. The lowest BCUT2D eigenvalue weighted by molar-refractivity contribution is 1.55. The molecule has 0 aromatic heterocycles. The number of rotatable bonds is 1. The molecular formula is C14H12N2. The zero-order valence-corrected chi connectivity index (χ0v) is 8.77. The molecule has 3 rings (SSSR count). The average molecular weight is 208 g/mol. The number of nitrogens with two attached hydrogens (primary N) is 2. The van der Waals surface area contributed by atoms with Crippen LogP contribution in [0.2, 0.25) is 0 Å². The highest BCUT2D eigenvalue weighted by molar-refractivity contribution is 5.88. The normalized spacial score (nSPS) is 12.0. The zero-order valence-electron chi connectivity index (χ0n) is 8.77. The first-order chi connectivity index (χ1) is 7.72. The van der Waals surface area contributed by atoms with E-state index >= 15 is 0 Å². The average Bonchev–Trinajstić information content (AvgIpc) is 2.18. The van der Waals surface area contributed by atoms with Crippen LogP contribution in [-0.2, 0) is 0 Å². The standard InChI is InChI=1S/C14H12N2/c15-13-6-12(7-14(16)8-13)11-4-2-9-1-3-10(9)5-11/h1-8H,15-16H2. The maximum Gasteiger partial charge on any atom is 0.0340 e. The van der Waals surface area contributed by atoms with E-state index in [0.717, 1.165) is 11.1 Å². The maximum atomic E-state index is 5.78. The number of hydrogen-bond donors (Lipinski definition) is 2. The molecule has 0 radical (unpaired) electrons. The van der Waals surface area contributed by atoms with Gasteiger partial charge in [-0.2, -0.15) is 0 Å². The second-order valence-electron chi connectivity index (χ2n) is 4.07. The van der Waals surface area contributed by atoms with Crippen molar-refractivity contribution in [2.24, 2.45) is 0 Å². The van der Waals surface area contributed by atoms with E-state index in [1.165, 1.54) is 11.1 Å². The van der Waals surface area contributed by atoms with Gasteiger partial charge < -0.3 is 11.5 Å². The molecule has 16 heavy (non-hydrogen) atoms. The van der Waals surface area contributed by atoms with Crippen LogP contribution in [-0.4, -0.2) is 0 Å². The van der Waals surface area contributed by atoms with Crippen molar-refractivity contribution in [3.8, 4) is 11.1 Å². The molecule has 2 aromatic rings. The van der Waals surface area contributed by atoms with Gasteiger partial charge in [0.1, 0.15) is 0 Å². The lowest BCUT2D eigenvalue weighted by Crippen LogP contribution is -1.93. The van der Waals surface area contributed by atoms with Crippen molar-refractivity contribution in [3.05, 3.63) is 47.5 Å². The molecule has 0 fully saturated rings. The van der Waals surface area contributed by atoms with E-state index < -0.39 is 0 Å². The SMILES string of the molecule is Nc1cc(N)cc(-c2ccc3c(c2)C=C3)c1. The molecule has 4 N–H and O–H groups in total. The van der Waals surface area contributed by atoms with E-state index in [-0.39, 0.29) is 0 Å². The summed E-state index contributed by atoms with van der Waals surface area (Å²) in [5.74, 6) is 0. The summed E-state index contributed by atoms with van der Waals surface area (Å²) in [5.41, 5.74) is 17.8.